The number of nitrogens with zero attached hydrogens (tertiary/aromatic N) is 1. The van der Waals surface area contributed by atoms with Crippen molar-refractivity contribution in [2.24, 2.45) is 10.9 Å². The van der Waals surface area contributed by atoms with E-state index in [9.17, 15) is 13.5 Å². The Morgan fingerprint density at radius 2 is 1.96 bits per heavy atom. The van der Waals surface area contributed by atoms with Gasteiger partial charge in [0, 0.05) is 26.2 Å². The zero-order valence-electron chi connectivity index (χ0n) is 13.0. The van der Waals surface area contributed by atoms with Crippen LogP contribution in [0.25, 0.3) is 0 Å². The minimum Gasteiger partial charge on any atom is -0.489 e. The Kier molecular flexibility index (Phi) is 6.72. The monoisotopic (exact) mass is 397 g/mol. The van der Waals surface area contributed by atoms with Crippen LogP contribution in [0.4, 0.5) is 0 Å². The molecule has 0 radical (unpaired) electrons. The summed E-state index contributed by atoms with van der Waals surface area (Å²) in [6, 6.07) is 2.93. The average molecular weight is 398 g/mol. The maximum atomic E-state index is 11.8. The molecule has 136 valence electrons. The predicted molar refractivity (Wildman–Crippen MR) is 93.0 cm³/mol. The van der Waals surface area contributed by atoms with Crippen LogP contribution in [-0.2, 0) is 10.0 Å². The molecule has 0 aromatic heterocycles. The number of aliphatic hydroxyl groups is 1. The Morgan fingerprint density at radius 1 is 1.33 bits per heavy atom. The van der Waals surface area contributed by atoms with Crippen molar-refractivity contribution in [1.29, 1.82) is 0 Å². The molecular weight excluding hydrogens is 377 g/mol. The molecule has 1 aromatic carbocycles. The van der Waals surface area contributed by atoms with Crippen molar-refractivity contribution in [3.8, 4) is 5.75 Å². The second kappa shape index (κ2) is 8.18. The van der Waals surface area contributed by atoms with Gasteiger partial charge in [0.25, 0.3) is 0 Å². The maximum Gasteiger partial charge on any atom is 0.243 e. The van der Waals surface area contributed by atoms with Crippen LogP contribution in [-0.4, -0.2) is 56.8 Å². The first-order valence-corrected chi connectivity index (χ1v) is 9.80. The van der Waals surface area contributed by atoms with Gasteiger partial charge >= 0.3 is 0 Å². The summed E-state index contributed by atoms with van der Waals surface area (Å²) in [5.74, 6) is 0.104. The molecule has 1 fully saturated rings. The third-order valence-corrected chi connectivity index (χ3v) is 5.76. The molecule has 1 aromatic rings. The summed E-state index contributed by atoms with van der Waals surface area (Å²) in [6.07, 6.45) is 0.643. The van der Waals surface area contributed by atoms with E-state index in [-0.39, 0.29) is 33.3 Å². The van der Waals surface area contributed by atoms with E-state index < -0.39 is 16.1 Å². The number of primary sulfonamides is 1. The van der Waals surface area contributed by atoms with Crippen LogP contribution in [0.2, 0.25) is 10.0 Å². The third-order valence-electron chi connectivity index (χ3n) is 3.87. The number of hydrogen-bond donors (Lipinski definition) is 3. The second-order valence-electron chi connectivity index (χ2n) is 5.74. The van der Waals surface area contributed by atoms with Crippen molar-refractivity contribution in [2.75, 3.05) is 26.2 Å². The lowest BCUT2D eigenvalue weighted by molar-refractivity contribution is 0.0630. The molecule has 0 unspecified atom stereocenters. The molecule has 24 heavy (non-hydrogen) atoms. The van der Waals surface area contributed by atoms with Crippen molar-refractivity contribution in [3.63, 3.8) is 0 Å². The van der Waals surface area contributed by atoms with E-state index in [4.69, 9.17) is 38.8 Å². The normalized spacial score (nSPS) is 18.5. The quantitative estimate of drug-likeness (QED) is 0.652. The zero-order chi connectivity index (χ0) is 17.9. The Balaban J connectivity index is 2.07. The van der Waals surface area contributed by atoms with E-state index in [0.717, 1.165) is 0 Å². The molecule has 1 heterocycles. The van der Waals surface area contributed by atoms with E-state index >= 15 is 0 Å². The number of piperidine rings is 1. The number of nitrogens with two attached hydrogens (primary N) is 2. The molecule has 0 aliphatic carbocycles. The third kappa shape index (κ3) is 4.95. The van der Waals surface area contributed by atoms with Gasteiger partial charge in [-0.15, -0.1) is 0 Å². The van der Waals surface area contributed by atoms with Gasteiger partial charge in [0.05, 0.1) is 16.1 Å². The van der Waals surface area contributed by atoms with E-state index in [1.807, 2.05) is 0 Å². The van der Waals surface area contributed by atoms with Gasteiger partial charge < -0.3 is 20.5 Å². The summed E-state index contributed by atoms with van der Waals surface area (Å²) in [4.78, 5) is 1.80. The van der Waals surface area contributed by atoms with Crippen molar-refractivity contribution in [1.82, 2.24) is 4.90 Å². The molecule has 2 rings (SSSR count). The van der Waals surface area contributed by atoms with Crippen molar-refractivity contribution in [3.05, 3.63) is 22.2 Å². The van der Waals surface area contributed by atoms with Crippen LogP contribution in [0.5, 0.6) is 5.75 Å². The molecule has 1 atom stereocenters. The number of ether oxygens (including phenoxy) is 1. The van der Waals surface area contributed by atoms with E-state index in [0.29, 0.717) is 32.5 Å². The second-order valence-corrected chi connectivity index (χ2v) is 8.02. The van der Waals surface area contributed by atoms with Gasteiger partial charge in [-0.2, -0.15) is 0 Å². The first-order valence-electron chi connectivity index (χ1n) is 7.50. The van der Waals surface area contributed by atoms with Gasteiger partial charge in [0.1, 0.15) is 16.7 Å². The fraction of sp³-hybridized carbons (Fsp3) is 0.571. The molecule has 0 saturated carbocycles. The highest BCUT2D eigenvalue weighted by molar-refractivity contribution is 7.89. The van der Waals surface area contributed by atoms with Gasteiger partial charge in [-0.3, -0.25) is 0 Å². The minimum atomic E-state index is -4.07. The number of benzene rings is 1. The molecule has 0 amide bonds. The fourth-order valence-electron chi connectivity index (χ4n) is 2.63. The van der Waals surface area contributed by atoms with Gasteiger partial charge in [-0.25, -0.2) is 13.6 Å². The summed E-state index contributed by atoms with van der Waals surface area (Å²) < 4.78 is 29.4. The van der Waals surface area contributed by atoms with E-state index in [2.05, 4.69) is 4.90 Å². The average Bonchev–Trinajstić information content (AvgIpc) is 2.51. The standard InChI is InChI=1S/C14H21Cl2N3O4S/c15-11-1-2-12(14(13(11)16)24(18,21)22)23-10-3-5-19(6-4-10)8-9(20)7-17/h1-2,9-10,20H,3-8,17H2,(H2,18,21,22)/t9-/m0/s1. The van der Waals surface area contributed by atoms with Crippen molar-refractivity contribution in [2.45, 2.75) is 29.9 Å². The van der Waals surface area contributed by atoms with Crippen molar-refractivity contribution < 1.29 is 18.3 Å². The number of rotatable bonds is 6. The largest absolute Gasteiger partial charge is 0.489 e. The predicted octanol–water partition coefficient (Wildman–Crippen LogP) is 0.804. The molecule has 1 aliphatic heterocycles. The Morgan fingerprint density at radius 3 is 2.50 bits per heavy atom. The topological polar surface area (TPSA) is 119 Å². The minimum absolute atomic E-state index is 0.0960. The summed E-state index contributed by atoms with van der Waals surface area (Å²) in [5, 5.41) is 14.8. The summed E-state index contributed by atoms with van der Waals surface area (Å²) in [5.41, 5.74) is 5.41. The molecule has 1 saturated heterocycles. The molecule has 0 spiro atoms. The van der Waals surface area contributed by atoms with Gasteiger partial charge in [0.2, 0.25) is 10.0 Å². The number of sulfonamides is 1. The first-order chi connectivity index (χ1) is 11.2. The molecule has 0 bridgehead atoms. The van der Waals surface area contributed by atoms with Gasteiger partial charge in [-0.05, 0) is 25.0 Å². The van der Waals surface area contributed by atoms with Gasteiger partial charge in [-0.1, -0.05) is 23.2 Å². The van der Waals surface area contributed by atoms with Crippen LogP contribution in [0.3, 0.4) is 0 Å². The van der Waals surface area contributed by atoms with Crippen molar-refractivity contribution >= 4 is 33.2 Å². The molecule has 1 aliphatic rings. The SMILES string of the molecule is NC[C@H](O)CN1CCC(Oc2ccc(Cl)c(Cl)c2S(N)(=O)=O)CC1. The van der Waals surface area contributed by atoms with Crippen LogP contribution >= 0.6 is 23.2 Å². The number of likely N-dealkylation sites (tertiary alicyclic amines) is 1. The molecule has 7 nitrogen and oxygen atoms in total. The Hall–Kier alpha value is -0.610. The van der Waals surface area contributed by atoms with E-state index in [1.165, 1.54) is 12.1 Å². The lowest BCUT2D eigenvalue weighted by atomic mass is 10.1. The lowest BCUT2D eigenvalue weighted by Gasteiger charge is -2.33. The Labute approximate surface area is 151 Å². The van der Waals surface area contributed by atoms with Crippen LogP contribution in [0.15, 0.2) is 17.0 Å². The number of aliphatic hydroxyl groups excluding tert-OH is 1. The van der Waals surface area contributed by atoms with Crippen LogP contribution in [0.1, 0.15) is 12.8 Å². The van der Waals surface area contributed by atoms with E-state index in [1.54, 1.807) is 0 Å². The van der Waals surface area contributed by atoms with Gasteiger partial charge in [0.15, 0.2) is 0 Å². The Bertz CT molecular complexity index is 679. The summed E-state index contributed by atoms with van der Waals surface area (Å²) >= 11 is 11.8. The highest BCUT2D eigenvalue weighted by atomic mass is 35.5. The summed E-state index contributed by atoms with van der Waals surface area (Å²) in [6.45, 7) is 2.16. The van der Waals surface area contributed by atoms with Crippen LogP contribution < -0.4 is 15.6 Å². The highest BCUT2D eigenvalue weighted by Gasteiger charge is 2.26. The maximum absolute atomic E-state index is 11.8. The lowest BCUT2D eigenvalue weighted by Crippen LogP contribution is -2.43. The van der Waals surface area contributed by atoms with Crippen LogP contribution in [0, 0.1) is 0 Å². The number of β-amino-alcohol motifs (C(OH)–C–C–N with tert-alkyl or cyclic N) is 1. The number of halogens is 2. The zero-order valence-corrected chi connectivity index (χ0v) is 15.3. The fourth-order valence-corrected chi connectivity index (χ4v) is 4.08. The molecule has 5 N–H and O–H groups in total. The molecular formula is C14H21Cl2N3O4S. The number of hydrogen-bond acceptors (Lipinski definition) is 6. The molecule has 10 heteroatoms. The highest BCUT2D eigenvalue weighted by Crippen LogP contribution is 2.37. The summed E-state index contributed by atoms with van der Waals surface area (Å²) in [7, 11) is -4.07. The smallest absolute Gasteiger partial charge is 0.243 e. The first kappa shape index (κ1) is 19.7.